The average molecular weight is 410 g/mol. The molecule has 0 bridgehead atoms. The van der Waals surface area contributed by atoms with Crippen LogP contribution in [-0.2, 0) is 9.53 Å². The molecule has 4 rings (SSSR count). The zero-order valence-electron chi connectivity index (χ0n) is 17.7. The van der Waals surface area contributed by atoms with E-state index in [0.717, 1.165) is 57.1 Å². The molecule has 2 aliphatic heterocycles. The number of hydrogen-bond donors (Lipinski definition) is 1. The zero-order chi connectivity index (χ0) is 20.8. The number of anilines is 2. The number of hydrogen-bond acceptors (Lipinski definition) is 5. The van der Waals surface area contributed by atoms with Crippen molar-refractivity contribution in [3.63, 3.8) is 0 Å². The summed E-state index contributed by atoms with van der Waals surface area (Å²) in [6.45, 7) is 7.36. The van der Waals surface area contributed by atoms with Gasteiger partial charge in [-0.05, 0) is 68.3 Å². The Morgan fingerprint density at radius 2 is 1.80 bits per heavy atom. The normalized spacial score (nSPS) is 19.6. The smallest absolute Gasteiger partial charge is 0.238 e. The van der Waals surface area contributed by atoms with Gasteiger partial charge >= 0.3 is 0 Å². The number of morpholine rings is 1. The van der Waals surface area contributed by atoms with E-state index in [9.17, 15) is 4.79 Å². The molecule has 160 valence electrons. The molecule has 2 saturated heterocycles. The quantitative estimate of drug-likeness (QED) is 0.756. The van der Waals surface area contributed by atoms with E-state index in [-0.39, 0.29) is 11.9 Å². The highest BCUT2D eigenvalue weighted by molar-refractivity contribution is 5.92. The largest absolute Gasteiger partial charge is 0.494 e. The predicted octanol–water partition coefficient (Wildman–Crippen LogP) is 3.70. The van der Waals surface area contributed by atoms with Crippen LogP contribution in [0.2, 0.25) is 0 Å². The van der Waals surface area contributed by atoms with Gasteiger partial charge in [-0.15, -0.1) is 0 Å². The first-order valence-electron chi connectivity index (χ1n) is 10.9. The van der Waals surface area contributed by atoms with E-state index in [2.05, 4.69) is 39.4 Å². The van der Waals surface area contributed by atoms with Crippen LogP contribution in [0.3, 0.4) is 0 Å². The fourth-order valence-corrected chi connectivity index (χ4v) is 4.31. The second-order valence-corrected chi connectivity index (χ2v) is 7.83. The minimum Gasteiger partial charge on any atom is -0.494 e. The van der Waals surface area contributed by atoms with E-state index in [4.69, 9.17) is 9.47 Å². The number of likely N-dealkylation sites (tertiary alicyclic amines) is 1. The molecule has 2 aromatic carbocycles. The Morgan fingerprint density at radius 3 is 2.50 bits per heavy atom. The number of ether oxygens (including phenoxy) is 2. The van der Waals surface area contributed by atoms with Crippen molar-refractivity contribution >= 4 is 17.3 Å². The number of rotatable bonds is 7. The van der Waals surface area contributed by atoms with E-state index < -0.39 is 0 Å². The maximum atomic E-state index is 12.7. The number of nitrogens with one attached hydrogen (secondary N) is 1. The number of nitrogens with zero attached hydrogens (tertiary/aromatic N) is 2. The molecule has 1 N–H and O–H groups in total. The molecule has 6 nitrogen and oxygen atoms in total. The van der Waals surface area contributed by atoms with Gasteiger partial charge < -0.3 is 19.7 Å². The minimum atomic E-state index is 0.0342. The van der Waals surface area contributed by atoms with Crippen LogP contribution in [0, 0.1) is 0 Å². The first kappa shape index (κ1) is 20.7. The summed E-state index contributed by atoms with van der Waals surface area (Å²) in [4.78, 5) is 17.2. The van der Waals surface area contributed by atoms with Gasteiger partial charge in [-0.25, -0.2) is 0 Å². The predicted molar refractivity (Wildman–Crippen MR) is 119 cm³/mol. The third-order valence-corrected chi connectivity index (χ3v) is 5.81. The standard InChI is InChI=1S/C24H31N3O3/c1-2-30-22-11-5-19(6-12-22)23-4-3-13-27(23)18-24(28)25-20-7-9-21(10-8-20)26-14-16-29-17-15-26/h5-12,23H,2-4,13-18H2,1H3,(H,25,28). The molecule has 2 aromatic rings. The van der Waals surface area contributed by atoms with Crippen molar-refractivity contribution in [1.29, 1.82) is 0 Å². The summed E-state index contributed by atoms with van der Waals surface area (Å²) in [6.07, 6.45) is 2.19. The Labute approximate surface area is 178 Å². The van der Waals surface area contributed by atoms with Crippen LogP contribution in [0.5, 0.6) is 5.75 Å². The molecule has 0 aliphatic carbocycles. The summed E-state index contributed by atoms with van der Waals surface area (Å²) in [6, 6.07) is 16.7. The SMILES string of the molecule is CCOc1ccc(C2CCCN2CC(=O)Nc2ccc(N3CCOCC3)cc2)cc1. The van der Waals surface area contributed by atoms with Gasteiger partial charge in [0.2, 0.25) is 5.91 Å². The Balaban J connectivity index is 1.32. The molecule has 0 spiro atoms. The maximum absolute atomic E-state index is 12.7. The van der Waals surface area contributed by atoms with Gasteiger partial charge in [0.15, 0.2) is 0 Å². The molecular formula is C24H31N3O3. The van der Waals surface area contributed by atoms with Crippen molar-refractivity contribution in [3.05, 3.63) is 54.1 Å². The molecule has 0 radical (unpaired) electrons. The van der Waals surface area contributed by atoms with Gasteiger partial charge in [-0.1, -0.05) is 12.1 Å². The van der Waals surface area contributed by atoms with E-state index >= 15 is 0 Å². The maximum Gasteiger partial charge on any atom is 0.238 e. The van der Waals surface area contributed by atoms with Crippen LogP contribution in [0.15, 0.2) is 48.5 Å². The van der Waals surface area contributed by atoms with Crippen molar-refractivity contribution in [2.75, 3.05) is 56.2 Å². The Hall–Kier alpha value is -2.57. The second-order valence-electron chi connectivity index (χ2n) is 7.83. The highest BCUT2D eigenvalue weighted by atomic mass is 16.5. The summed E-state index contributed by atoms with van der Waals surface area (Å²) in [5.41, 5.74) is 3.26. The van der Waals surface area contributed by atoms with Crippen LogP contribution in [0.25, 0.3) is 0 Å². The van der Waals surface area contributed by atoms with Crippen LogP contribution in [0.1, 0.15) is 31.4 Å². The number of amides is 1. The second kappa shape index (κ2) is 9.96. The van der Waals surface area contributed by atoms with Crippen molar-refractivity contribution in [2.24, 2.45) is 0 Å². The molecule has 6 heteroatoms. The Bertz CT molecular complexity index is 817. The fourth-order valence-electron chi connectivity index (χ4n) is 4.31. The van der Waals surface area contributed by atoms with Crippen molar-refractivity contribution in [3.8, 4) is 5.75 Å². The van der Waals surface area contributed by atoms with E-state index in [1.807, 2.05) is 31.2 Å². The van der Waals surface area contributed by atoms with Gasteiger partial charge in [0.05, 0.1) is 26.4 Å². The summed E-state index contributed by atoms with van der Waals surface area (Å²) in [7, 11) is 0. The van der Waals surface area contributed by atoms with Crippen LogP contribution in [0.4, 0.5) is 11.4 Å². The lowest BCUT2D eigenvalue weighted by molar-refractivity contribution is -0.117. The zero-order valence-corrected chi connectivity index (χ0v) is 17.7. The molecule has 0 saturated carbocycles. The molecule has 1 amide bonds. The molecule has 2 heterocycles. The molecule has 2 fully saturated rings. The average Bonchev–Trinajstić information content (AvgIpc) is 3.23. The highest BCUT2D eigenvalue weighted by Gasteiger charge is 2.27. The fraction of sp³-hybridized carbons (Fsp3) is 0.458. The lowest BCUT2D eigenvalue weighted by Gasteiger charge is -2.29. The summed E-state index contributed by atoms with van der Waals surface area (Å²) < 4.78 is 10.9. The van der Waals surface area contributed by atoms with Gasteiger partial charge in [-0.2, -0.15) is 0 Å². The van der Waals surface area contributed by atoms with Crippen LogP contribution >= 0.6 is 0 Å². The minimum absolute atomic E-state index is 0.0342. The first-order valence-corrected chi connectivity index (χ1v) is 10.9. The highest BCUT2D eigenvalue weighted by Crippen LogP contribution is 2.32. The molecule has 30 heavy (non-hydrogen) atoms. The monoisotopic (exact) mass is 409 g/mol. The van der Waals surface area contributed by atoms with Crippen LogP contribution in [-0.4, -0.2) is 56.8 Å². The first-order chi connectivity index (χ1) is 14.7. The number of benzene rings is 2. The van der Waals surface area contributed by atoms with Crippen molar-refractivity contribution < 1.29 is 14.3 Å². The number of carbonyl (C=O) groups is 1. The molecule has 1 unspecified atom stereocenters. The van der Waals surface area contributed by atoms with Crippen molar-refractivity contribution in [1.82, 2.24) is 4.90 Å². The summed E-state index contributed by atoms with van der Waals surface area (Å²) in [5, 5.41) is 3.05. The van der Waals surface area contributed by atoms with Crippen molar-refractivity contribution in [2.45, 2.75) is 25.8 Å². The van der Waals surface area contributed by atoms with Gasteiger partial charge in [0, 0.05) is 30.5 Å². The van der Waals surface area contributed by atoms with Gasteiger partial charge in [-0.3, -0.25) is 9.69 Å². The molecular weight excluding hydrogens is 378 g/mol. The molecule has 2 aliphatic rings. The third kappa shape index (κ3) is 5.12. The Kier molecular flexibility index (Phi) is 6.87. The lowest BCUT2D eigenvalue weighted by Crippen LogP contribution is -2.36. The number of carbonyl (C=O) groups excluding carboxylic acids is 1. The van der Waals surface area contributed by atoms with Crippen LogP contribution < -0.4 is 15.0 Å². The molecule has 0 aromatic heterocycles. The summed E-state index contributed by atoms with van der Waals surface area (Å²) >= 11 is 0. The third-order valence-electron chi connectivity index (χ3n) is 5.81. The lowest BCUT2D eigenvalue weighted by atomic mass is 10.0. The van der Waals surface area contributed by atoms with E-state index in [0.29, 0.717) is 13.2 Å². The summed E-state index contributed by atoms with van der Waals surface area (Å²) in [5.74, 6) is 0.927. The van der Waals surface area contributed by atoms with Gasteiger partial charge in [0.25, 0.3) is 0 Å². The van der Waals surface area contributed by atoms with Gasteiger partial charge in [0.1, 0.15) is 5.75 Å². The van der Waals surface area contributed by atoms with E-state index in [1.54, 1.807) is 0 Å². The molecule has 1 atom stereocenters. The van der Waals surface area contributed by atoms with E-state index in [1.165, 1.54) is 11.3 Å². The topological polar surface area (TPSA) is 54.0 Å². The Morgan fingerprint density at radius 1 is 1.07 bits per heavy atom.